The molecule has 2 aromatic carbocycles. The number of hydrogen-bond acceptors (Lipinski definition) is 3. The Morgan fingerprint density at radius 1 is 1.19 bits per heavy atom. The van der Waals surface area contributed by atoms with E-state index in [1.807, 2.05) is 45.0 Å². The van der Waals surface area contributed by atoms with Crippen LogP contribution < -0.4 is 10.2 Å². The van der Waals surface area contributed by atoms with Crippen LogP contribution in [-0.2, 0) is 9.59 Å². The van der Waals surface area contributed by atoms with Gasteiger partial charge in [0.1, 0.15) is 11.2 Å². The summed E-state index contributed by atoms with van der Waals surface area (Å²) >= 11 is 1.47. The van der Waals surface area contributed by atoms with Crippen molar-refractivity contribution in [1.29, 1.82) is 0 Å². The Morgan fingerprint density at radius 2 is 1.85 bits per heavy atom. The molecule has 0 spiro atoms. The molecule has 3 rings (SSSR count). The van der Waals surface area contributed by atoms with Gasteiger partial charge in [0.15, 0.2) is 0 Å². The second-order valence-corrected chi connectivity index (χ2v) is 8.85. The summed E-state index contributed by atoms with van der Waals surface area (Å²) in [6, 6.07) is 13.7. The van der Waals surface area contributed by atoms with Crippen LogP contribution >= 0.6 is 11.8 Å². The maximum absolute atomic E-state index is 14.2. The second kappa shape index (κ2) is 7.72. The summed E-state index contributed by atoms with van der Waals surface area (Å²) in [6.45, 7) is 6.05. The van der Waals surface area contributed by atoms with Crippen LogP contribution in [0.1, 0.15) is 38.1 Å². The molecule has 2 aromatic rings. The Kier molecular flexibility index (Phi) is 5.56. The van der Waals surface area contributed by atoms with Gasteiger partial charge in [-0.05, 0) is 35.2 Å². The number of benzene rings is 2. The molecule has 0 unspecified atom stereocenters. The topological polar surface area (TPSA) is 49.4 Å². The van der Waals surface area contributed by atoms with E-state index in [1.165, 1.54) is 22.7 Å². The van der Waals surface area contributed by atoms with E-state index in [2.05, 4.69) is 5.32 Å². The summed E-state index contributed by atoms with van der Waals surface area (Å²) in [4.78, 5) is 25.9. The molecule has 6 heteroatoms. The molecule has 1 fully saturated rings. The minimum absolute atomic E-state index is 0.0337. The van der Waals surface area contributed by atoms with Crippen molar-refractivity contribution in [3.8, 4) is 0 Å². The highest BCUT2D eigenvalue weighted by Crippen LogP contribution is 2.42. The van der Waals surface area contributed by atoms with Crippen molar-refractivity contribution in [2.24, 2.45) is 5.41 Å². The van der Waals surface area contributed by atoms with Crippen LogP contribution in [0.3, 0.4) is 0 Å². The predicted molar refractivity (Wildman–Crippen MR) is 108 cm³/mol. The lowest BCUT2D eigenvalue weighted by atomic mass is 9.92. The molecule has 0 saturated carbocycles. The lowest BCUT2D eigenvalue weighted by Crippen LogP contribution is -2.28. The summed E-state index contributed by atoms with van der Waals surface area (Å²) in [7, 11) is 0. The van der Waals surface area contributed by atoms with Gasteiger partial charge in [0.25, 0.3) is 0 Å². The molecule has 2 amide bonds. The zero-order chi connectivity index (χ0) is 19.6. The van der Waals surface area contributed by atoms with Crippen LogP contribution in [0.25, 0.3) is 0 Å². The number of nitrogens with one attached hydrogen (secondary N) is 1. The van der Waals surface area contributed by atoms with Crippen LogP contribution in [0.2, 0.25) is 0 Å². The number of amides is 2. The second-order valence-electron chi connectivity index (χ2n) is 7.79. The van der Waals surface area contributed by atoms with Crippen LogP contribution in [0.5, 0.6) is 0 Å². The van der Waals surface area contributed by atoms with E-state index in [-0.39, 0.29) is 22.6 Å². The van der Waals surface area contributed by atoms with Crippen molar-refractivity contribution in [3.05, 3.63) is 59.9 Å². The minimum Gasteiger partial charge on any atom is -0.326 e. The van der Waals surface area contributed by atoms with Crippen LogP contribution in [-0.4, -0.2) is 17.6 Å². The van der Waals surface area contributed by atoms with E-state index in [9.17, 15) is 14.0 Å². The first kappa shape index (κ1) is 19.4. The SMILES string of the molecule is CC(C)(C)CC(=O)Nc1ccc([C@H]2SCC(=O)N2c2ccccc2F)cc1. The highest BCUT2D eigenvalue weighted by Gasteiger charge is 2.35. The zero-order valence-corrected chi connectivity index (χ0v) is 16.5. The predicted octanol–water partition coefficient (Wildman–Crippen LogP) is 4.98. The maximum atomic E-state index is 14.2. The summed E-state index contributed by atoms with van der Waals surface area (Å²) in [6.07, 6.45) is 0.433. The van der Waals surface area contributed by atoms with Gasteiger partial charge >= 0.3 is 0 Å². The molecular formula is C21H23FN2O2S. The van der Waals surface area contributed by atoms with Gasteiger partial charge in [-0.15, -0.1) is 11.8 Å². The Labute approximate surface area is 163 Å². The van der Waals surface area contributed by atoms with Crippen molar-refractivity contribution < 1.29 is 14.0 Å². The molecule has 1 N–H and O–H groups in total. The summed E-state index contributed by atoms with van der Waals surface area (Å²) < 4.78 is 14.2. The fourth-order valence-corrected chi connectivity index (χ4v) is 4.17. The van der Waals surface area contributed by atoms with Gasteiger partial charge in [0, 0.05) is 12.1 Å². The van der Waals surface area contributed by atoms with Gasteiger partial charge in [-0.2, -0.15) is 0 Å². The molecule has 1 saturated heterocycles. The number of anilines is 2. The molecule has 0 aromatic heterocycles. The van der Waals surface area contributed by atoms with E-state index < -0.39 is 5.82 Å². The highest BCUT2D eigenvalue weighted by molar-refractivity contribution is 8.00. The van der Waals surface area contributed by atoms with Crippen molar-refractivity contribution in [1.82, 2.24) is 0 Å². The number of para-hydroxylation sites is 1. The molecule has 4 nitrogen and oxygen atoms in total. The number of rotatable bonds is 4. The van der Waals surface area contributed by atoms with Crippen molar-refractivity contribution in [2.75, 3.05) is 16.0 Å². The lowest BCUT2D eigenvalue weighted by molar-refractivity contribution is -0.118. The third-order valence-corrected chi connectivity index (χ3v) is 5.36. The molecule has 0 bridgehead atoms. The summed E-state index contributed by atoms with van der Waals surface area (Å²) in [5.41, 5.74) is 1.81. The summed E-state index contributed by atoms with van der Waals surface area (Å²) in [5, 5.41) is 2.61. The first-order valence-corrected chi connectivity index (χ1v) is 9.87. The van der Waals surface area contributed by atoms with E-state index >= 15 is 0 Å². The fourth-order valence-electron chi connectivity index (χ4n) is 3.00. The van der Waals surface area contributed by atoms with Crippen molar-refractivity contribution >= 4 is 35.0 Å². The molecule has 0 aliphatic carbocycles. The number of nitrogens with zero attached hydrogens (tertiary/aromatic N) is 1. The number of carbonyl (C=O) groups is 2. The molecular weight excluding hydrogens is 363 g/mol. The van der Waals surface area contributed by atoms with Gasteiger partial charge in [-0.25, -0.2) is 4.39 Å². The molecule has 0 radical (unpaired) electrons. The Hall–Kier alpha value is -2.34. The largest absolute Gasteiger partial charge is 0.326 e. The van der Waals surface area contributed by atoms with Crippen LogP contribution in [0, 0.1) is 11.2 Å². The average molecular weight is 386 g/mol. The van der Waals surface area contributed by atoms with Crippen molar-refractivity contribution in [3.63, 3.8) is 0 Å². The number of halogens is 1. The quantitative estimate of drug-likeness (QED) is 0.806. The Morgan fingerprint density at radius 3 is 2.48 bits per heavy atom. The van der Waals surface area contributed by atoms with Gasteiger partial charge in [0.2, 0.25) is 11.8 Å². The zero-order valence-electron chi connectivity index (χ0n) is 15.7. The smallest absolute Gasteiger partial charge is 0.238 e. The van der Waals surface area contributed by atoms with Gasteiger partial charge in [-0.1, -0.05) is 45.0 Å². The first-order valence-electron chi connectivity index (χ1n) is 8.83. The van der Waals surface area contributed by atoms with Crippen LogP contribution in [0.4, 0.5) is 15.8 Å². The van der Waals surface area contributed by atoms with E-state index in [1.54, 1.807) is 18.2 Å². The Balaban J connectivity index is 1.77. The molecule has 1 atom stereocenters. The fraction of sp³-hybridized carbons (Fsp3) is 0.333. The molecule has 142 valence electrons. The van der Waals surface area contributed by atoms with Crippen molar-refractivity contribution in [2.45, 2.75) is 32.6 Å². The number of hydrogen-bond donors (Lipinski definition) is 1. The first-order chi connectivity index (χ1) is 12.7. The third kappa shape index (κ3) is 4.69. The van der Waals surface area contributed by atoms with E-state index in [0.717, 1.165) is 5.56 Å². The minimum atomic E-state index is -0.413. The standard InChI is InChI=1S/C21H23FN2O2S/c1-21(2,3)12-18(25)23-15-10-8-14(9-11-15)20-24(19(26)13-27-20)17-7-5-4-6-16(17)22/h4-11,20H,12-13H2,1-3H3,(H,23,25)/t20-/m1/s1. The van der Waals surface area contributed by atoms with Gasteiger partial charge < -0.3 is 5.32 Å². The highest BCUT2D eigenvalue weighted by atomic mass is 32.2. The maximum Gasteiger partial charge on any atom is 0.238 e. The Bertz CT molecular complexity index is 846. The van der Waals surface area contributed by atoms with Gasteiger partial charge in [0.05, 0.1) is 11.4 Å². The van der Waals surface area contributed by atoms with Gasteiger partial charge in [-0.3, -0.25) is 14.5 Å². The monoisotopic (exact) mass is 386 g/mol. The van der Waals surface area contributed by atoms with Crippen LogP contribution in [0.15, 0.2) is 48.5 Å². The number of carbonyl (C=O) groups excluding carboxylic acids is 2. The normalized spacial score (nSPS) is 17.3. The third-order valence-electron chi connectivity index (χ3n) is 4.15. The molecule has 1 aliphatic heterocycles. The van der Waals surface area contributed by atoms with E-state index in [0.29, 0.717) is 23.5 Å². The average Bonchev–Trinajstić information content (AvgIpc) is 2.96. The molecule has 1 heterocycles. The molecule has 27 heavy (non-hydrogen) atoms. The lowest BCUT2D eigenvalue weighted by Gasteiger charge is -2.25. The molecule has 1 aliphatic rings. The van der Waals surface area contributed by atoms with E-state index in [4.69, 9.17) is 0 Å². The number of thioether (sulfide) groups is 1. The summed E-state index contributed by atoms with van der Waals surface area (Å²) in [5.74, 6) is -0.251.